The van der Waals surface area contributed by atoms with Gasteiger partial charge in [0, 0.05) is 30.9 Å². The summed E-state index contributed by atoms with van der Waals surface area (Å²) in [5.74, 6) is -0.466. The first-order valence-electron chi connectivity index (χ1n) is 8.09. The number of aryl methyl sites for hydroxylation is 1. The molecule has 1 heterocycles. The summed E-state index contributed by atoms with van der Waals surface area (Å²) in [6.45, 7) is 4.21. The number of rotatable bonds is 5. The number of ether oxygens (including phenoxy) is 1. The minimum absolute atomic E-state index is 0.0154. The molecular formula is C18H24N2O4. The van der Waals surface area contributed by atoms with Gasteiger partial charge >= 0.3 is 5.97 Å². The highest BCUT2D eigenvalue weighted by atomic mass is 16.5. The molecular weight excluding hydrogens is 308 g/mol. The van der Waals surface area contributed by atoms with Crippen LogP contribution in [0.5, 0.6) is 0 Å². The average Bonchev–Trinajstić information content (AvgIpc) is 2.54. The lowest BCUT2D eigenvalue weighted by Gasteiger charge is -2.37. The molecule has 2 rings (SSSR count). The number of carbonyl (C=O) groups excluding carboxylic acids is 3. The zero-order valence-corrected chi connectivity index (χ0v) is 14.3. The largest absolute Gasteiger partial charge is 0.460 e. The van der Waals surface area contributed by atoms with Gasteiger partial charge in [-0.1, -0.05) is 26.0 Å². The summed E-state index contributed by atoms with van der Waals surface area (Å²) in [5.41, 5.74) is 1.11. The molecule has 6 heteroatoms. The van der Waals surface area contributed by atoms with Gasteiger partial charge in [0.2, 0.25) is 5.91 Å². The minimum atomic E-state index is -0.364. The van der Waals surface area contributed by atoms with Crippen molar-refractivity contribution in [3.63, 3.8) is 0 Å². The van der Waals surface area contributed by atoms with Crippen LogP contribution in [0.3, 0.4) is 0 Å². The normalized spacial score (nSPS) is 19.3. The van der Waals surface area contributed by atoms with E-state index in [4.69, 9.17) is 4.74 Å². The first kappa shape index (κ1) is 18.0. The van der Waals surface area contributed by atoms with Crippen molar-refractivity contribution in [3.8, 4) is 0 Å². The molecule has 1 aromatic carbocycles. The molecule has 1 unspecified atom stereocenters. The maximum Gasteiger partial charge on any atom is 0.306 e. The molecule has 1 aromatic rings. The second-order valence-corrected chi connectivity index (χ2v) is 6.73. The van der Waals surface area contributed by atoms with Crippen LogP contribution in [0.2, 0.25) is 0 Å². The van der Waals surface area contributed by atoms with Crippen molar-refractivity contribution in [2.45, 2.75) is 39.2 Å². The Kier molecular flexibility index (Phi) is 5.59. The number of amides is 2. The highest BCUT2D eigenvalue weighted by molar-refractivity contribution is 5.94. The first-order chi connectivity index (χ1) is 11.3. The van der Waals surface area contributed by atoms with Crippen LogP contribution in [0.15, 0.2) is 24.3 Å². The zero-order valence-electron chi connectivity index (χ0n) is 14.3. The van der Waals surface area contributed by atoms with Gasteiger partial charge in [-0.15, -0.1) is 0 Å². The van der Waals surface area contributed by atoms with Crippen LogP contribution in [-0.2, 0) is 20.7 Å². The quantitative estimate of drug-likeness (QED) is 0.799. The summed E-state index contributed by atoms with van der Waals surface area (Å²) in [6, 6.07) is 7.18. The smallest absolute Gasteiger partial charge is 0.306 e. The number of piperidine rings is 1. The van der Waals surface area contributed by atoms with Crippen LogP contribution in [0, 0.1) is 5.41 Å². The summed E-state index contributed by atoms with van der Waals surface area (Å²) < 4.78 is 5.54. The summed E-state index contributed by atoms with van der Waals surface area (Å²) >= 11 is 0. The Bertz CT molecular complexity index is 640. The van der Waals surface area contributed by atoms with Gasteiger partial charge in [0.15, 0.2) is 0 Å². The topological polar surface area (TPSA) is 84.5 Å². The maximum absolute atomic E-state index is 12.1. The average molecular weight is 332 g/mol. The summed E-state index contributed by atoms with van der Waals surface area (Å²) in [4.78, 5) is 35.2. The van der Waals surface area contributed by atoms with Crippen LogP contribution in [0.1, 0.15) is 42.6 Å². The van der Waals surface area contributed by atoms with E-state index in [1.54, 1.807) is 25.2 Å². The molecule has 1 aliphatic rings. The third-order valence-corrected chi connectivity index (χ3v) is 4.28. The van der Waals surface area contributed by atoms with Gasteiger partial charge in [-0.2, -0.15) is 0 Å². The van der Waals surface area contributed by atoms with Crippen LogP contribution in [0.4, 0.5) is 0 Å². The molecule has 0 bridgehead atoms. The molecule has 2 amide bonds. The monoisotopic (exact) mass is 332 g/mol. The highest BCUT2D eigenvalue weighted by Gasteiger charge is 2.38. The highest BCUT2D eigenvalue weighted by Crippen LogP contribution is 2.30. The Balaban J connectivity index is 1.89. The second kappa shape index (κ2) is 7.47. The molecule has 1 saturated heterocycles. The SMILES string of the molecule is CNC(=O)c1cccc(CCC(=O)OC2CNC(=O)CC2(C)C)c1. The van der Waals surface area contributed by atoms with Crippen molar-refractivity contribution in [1.82, 2.24) is 10.6 Å². The van der Waals surface area contributed by atoms with Crippen LogP contribution in [0.25, 0.3) is 0 Å². The molecule has 0 aromatic heterocycles. The Morgan fingerprint density at radius 2 is 2.12 bits per heavy atom. The van der Waals surface area contributed by atoms with E-state index in [9.17, 15) is 14.4 Å². The van der Waals surface area contributed by atoms with E-state index in [1.807, 2.05) is 19.9 Å². The molecule has 1 fully saturated rings. The predicted molar refractivity (Wildman–Crippen MR) is 89.4 cm³/mol. The lowest BCUT2D eigenvalue weighted by atomic mass is 9.80. The first-order valence-corrected chi connectivity index (χ1v) is 8.09. The molecule has 2 N–H and O–H groups in total. The van der Waals surface area contributed by atoms with Gasteiger partial charge in [-0.3, -0.25) is 14.4 Å². The van der Waals surface area contributed by atoms with Gasteiger partial charge in [0.05, 0.1) is 6.54 Å². The van der Waals surface area contributed by atoms with Gasteiger partial charge in [-0.25, -0.2) is 0 Å². The van der Waals surface area contributed by atoms with Crippen molar-refractivity contribution in [3.05, 3.63) is 35.4 Å². The van der Waals surface area contributed by atoms with Crippen molar-refractivity contribution in [2.24, 2.45) is 5.41 Å². The predicted octanol–water partition coefficient (Wildman–Crippen LogP) is 1.44. The van der Waals surface area contributed by atoms with Crippen molar-refractivity contribution < 1.29 is 19.1 Å². The van der Waals surface area contributed by atoms with Gasteiger partial charge < -0.3 is 15.4 Å². The Hall–Kier alpha value is -2.37. The summed E-state index contributed by atoms with van der Waals surface area (Å²) in [7, 11) is 1.58. The van der Waals surface area contributed by atoms with E-state index in [-0.39, 0.29) is 35.7 Å². The van der Waals surface area contributed by atoms with E-state index in [0.717, 1.165) is 5.56 Å². The fraction of sp³-hybridized carbons (Fsp3) is 0.500. The Morgan fingerprint density at radius 3 is 2.79 bits per heavy atom. The fourth-order valence-corrected chi connectivity index (χ4v) is 2.75. The Labute approximate surface area is 142 Å². The molecule has 1 atom stereocenters. The van der Waals surface area contributed by atoms with Crippen LogP contribution >= 0.6 is 0 Å². The van der Waals surface area contributed by atoms with Crippen molar-refractivity contribution >= 4 is 17.8 Å². The third-order valence-electron chi connectivity index (χ3n) is 4.28. The summed E-state index contributed by atoms with van der Waals surface area (Å²) in [5, 5.41) is 5.31. The molecule has 24 heavy (non-hydrogen) atoms. The number of hydrogen-bond acceptors (Lipinski definition) is 4. The van der Waals surface area contributed by atoms with E-state index in [2.05, 4.69) is 10.6 Å². The number of esters is 1. The molecule has 0 saturated carbocycles. The van der Waals surface area contributed by atoms with E-state index >= 15 is 0 Å². The van der Waals surface area contributed by atoms with Crippen molar-refractivity contribution in [2.75, 3.05) is 13.6 Å². The lowest BCUT2D eigenvalue weighted by molar-refractivity contribution is -0.159. The van der Waals surface area contributed by atoms with Crippen molar-refractivity contribution in [1.29, 1.82) is 0 Å². The minimum Gasteiger partial charge on any atom is -0.460 e. The molecule has 0 aliphatic carbocycles. The molecule has 0 radical (unpaired) electrons. The van der Waals surface area contributed by atoms with Crippen LogP contribution < -0.4 is 10.6 Å². The van der Waals surface area contributed by atoms with E-state index in [1.165, 1.54) is 0 Å². The standard InChI is InChI=1S/C18H24N2O4/c1-18(2)10-15(21)20-11-14(18)24-16(22)8-7-12-5-4-6-13(9-12)17(23)19-3/h4-6,9,14H,7-8,10-11H2,1-3H3,(H,19,23)(H,20,21). The number of hydrogen-bond donors (Lipinski definition) is 2. The summed E-state index contributed by atoms with van der Waals surface area (Å²) in [6.07, 6.45) is 0.764. The van der Waals surface area contributed by atoms with E-state index in [0.29, 0.717) is 24.9 Å². The number of carbonyl (C=O) groups is 3. The lowest BCUT2D eigenvalue weighted by Crippen LogP contribution is -2.50. The zero-order chi connectivity index (χ0) is 17.7. The fourth-order valence-electron chi connectivity index (χ4n) is 2.75. The molecule has 6 nitrogen and oxygen atoms in total. The van der Waals surface area contributed by atoms with Gasteiger partial charge in [-0.05, 0) is 24.1 Å². The second-order valence-electron chi connectivity index (χ2n) is 6.73. The molecule has 130 valence electrons. The van der Waals surface area contributed by atoms with Gasteiger partial charge in [0.25, 0.3) is 5.91 Å². The number of nitrogens with one attached hydrogen (secondary N) is 2. The molecule has 0 spiro atoms. The van der Waals surface area contributed by atoms with E-state index < -0.39 is 0 Å². The maximum atomic E-state index is 12.1. The molecule has 1 aliphatic heterocycles. The Morgan fingerprint density at radius 1 is 1.38 bits per heavy atom. The van der Waals surface area contributed by atoms with Gasteiger partial charge in [0.1, 0.15) is 6.10 Å². The van der Waals surface area contributed by atoms with Crippen LogP contribution in [-0.4, -0.2) is 37.5 Å². The number of benzene rings is 1. The third kappa shape index (κ3) is 4.57.